The molecule has 1 aromatic rings. The molecule has 0 aliphatic carbocycles. The first kappa shape index (κ1) is 16.4. The highest BCUT2D eigenvalue weighted by molar-refractivity contribution is 5.95. The summed E-state index contributed by atoms with van der Waals surface area (Å²) in [6.07, 6.45) is 2.75. The standard InChI is InChI=1S/C16H19F2NO3/c1-10-8-12(14(18)9-13(10)17)16(22)19-7-3-2-4-11(19)5-6-15(20)21/h8-9,11H,2-7H2,1H3,(H,20,21). The molecule has 1 aromatic carbocycles. The van der Waals surface area contributed by atoms with Crippen molar-refractivity contribution >= 4 is 11.9 Å². The van der Waals surface area contributed by atoms with Gasteiger partial charge in [-0.15, -0.1) is 0 Å². The Labute approximate surface area is 127 Å². The number of amides is 1. The number of hydrogen-bond donors (Lipinski definition) is 1. The molecule has 0 saturated carbocycles. The van der Waals surface area contributed by atoms with E-state index in [1.54, 1.807) is 0 Å². The lowest BCUT2D eigenvalue weighted by molar-refractivity contribution is -0.137. The minimum Gasteiger partial charge on any atom is -0.481 e. The van der Waals surface area contributed by atoms with Gasteiger partial charge in [0, 0.05) is 25.1 Å². The highest BCUT2D eigenvalue weighted by atomic mass is 19.1. The van der Waals surface area contributed by atoms with Crippen LogP contribution in [0.5, 0.6) is 0 Å². The predicted octanol–water partition coefficient (Wildman–Crippen LogP) is 3.13. The van der Waals surface area contributed by atoms with Crippen molar-refractivity contribution in [1.82, 2.24) is 4.90 Å². The SMILES string of the molecule is Cc1cc(C(=O)N2CCCCC2CCC(=O)O)c(F)cc1F. The van der Waals surface area contributed by atoms with Crippen molar-refractivity contribution in [2.75, 3.05) is 6.54 Å². The second kappa shape index (κ2) is 6.85. The molecule has 1 unspecified atom stereocenters. The third kappa shape index (κ3) is 3.61. The van der Waals surface area contributed by atoms with E-state index in [-0.39, 0.29) is 23.6 Å². The summed E-state index contributed by atoms with van der Waals surface area (Å²) in [4.78, 5) is 24.8. The van der Waals surface area contributed by atoms with Crippen molar-refractivity contribution in [3.8, 4) is 0 Å². The number of piperidine rings is 1. The number of rotatable bonds is 4. The van der Waals surface area contributed by atoms with Crippen LogP contribution >= 0.6 is 0 Å². The maximum atomic E-state index is 13.9. The van der Waals surface area contributed by atoms with Crippen LogP contribution in [0.1, 0.15) is 48.0 Å². The molecule has 0 radical (unpaired) electrons. The van der Waals surface area contributed by atoms with Crippen LogP contribution in [0.4, 0.5) is 8.78 Å². The molecule has 1 aliphatic rings. The van der Waals surface area contributed by atoms with Gasteiger partial charge in [-0.2, -0.15) is 0 Å². The number of benzene rings is 1. The summed E-state index contributed by atoms with van der Waals surface area (Å²) in [7, 11) is 0. The van der Waals surface area contributed by atoms with Gasteiger partial charge in [-0.3, -0.25) is 9.59 Å². The number of carboxylic acid groups (broad SMARTS) is 1. The van der Waals surface area contributed by atoms with Crippen LogP contribution in [0.3, 0.4) is 0 Å². The van der Waals surface area contributed by atoms with E-state index < -0.39 is 23.5 Å². The monoisotopic (exact) mass is 311 g/mol. The Morgan fingerprint density at radius 3 is 2.68 bits per heavy atom. The second-order valence-corrected chi connectivity index (χ2v) is 5.66. The summed E-state index contributed by atoms with van der Waals surface area (Å²) in [6.45, 7) is 1.95. The molecule has 1 N–H and O–H groups in total. The molecule has 1 fully saturated rings. The highest BCUT2D eigenvalue weighted by Crippen LogP contribution is 2.25. The molecule has 1 amide bonds. The van der Waals surface area contributed by atoms with Gasteiger partial charge in [0.2, 0.25) is 0 Å². The van der Waals surface area contributed by atoms with Crippen LogP contribution in [0, 0.1) is 18.6 Å². The van der Waals surface area contributed by atoms with E-state index in [1.165, 1.54) is 17.9 Å². The van der Waals surface area contributed by atoms with E-state index in [1.807, 2.05) is 0 Å². The Kier molecular flexibility index (Phi) is 5.11. The molecular weight excluding hydrogens is 292 g/mol. The van der Waals surface area contributed by atoms with Crippen LogP contribution in [0.15, 0.2) is 12.1 Å². The highest BCUT2D eigenvalue weighted by Gasteiger charge is 2.29. The summed E-state index contributed by atoms with van der Waals surface area (Å²) in [5.74, 6) is -2.97. The van der Waals surface area contributed by atoms with Gasteiger partial charge in [0.1, 0.15) is 11.6 Å². The minimum absolute atomic E-state index is 0.0284. The smallest absolute Gasteiger partial charge is 0.303 e. The zero-order valence-corrected chi connectivity index (χ0v) is 12.4. The van der Waals surface area contributed by atoms with Crippen molar-refractivity contribution in [3.63, 3.8) is 0 Å². The quantitative estimate of drug-likeness (QED) is 0.929. The molecule has 22 heavy (non-hydrogen) atoms. The summed E-state index contributed by atoms with van der Waals surface area (Å²) >= 11 is 0. The van der Waals surface area contributed by atoms with Crippen LogP contribution in [0.2, 0.25) is 0 Å². The molecule has 0 aromatic heterocycles. The third-order valence-corrected chi connectivity index (χ3v) is 4.06. The van der Waals surface area contributed by atoms with E-state index >= 15 is 0 Å². The number of hydrogen-bond acceptors (Lipinski definition) is 2. The van der Waals surface area contributed by atoms with Gasteiger partial charge in [0.05, 0.1) is 5.56 Å². The molecule has 0 spiro atoms. The van der Waals surface area contributed by atoms with Gasteiger partial charge < -0.3 is 10.0 Å². The van der Waals surface area contributed by atoms with Gasteiger partial charge in [0.15, 0.2) is 0 Å². The summed E-state index contributed by atoms with van der Waals surface area (Å²) in [6, 6.07) is 1.73. The van der Waals surface area contributed by atoms with Crippen LogP contribution < -0.4 is 0 Å². The molecule has 2 rings (SSSR count). The minimum atomic E-state index is -0.915. The Hall–Kier alpha value is -1.98. The third-order valence-electron chi connectivity index (χ3n) is 4.06. The van der Waals surface area contributed by atoms with Crippen LogP contribution in [-0.2, 0) is 4.79 Å². The van der Waals surface area contributed by atoms with Crippen molar-refractivity contribution in [2.24, 2.45) is 0 Å². The number of aryl methyl sites for hydroxylation is 1. The fourth-order valence-corrected chi connectivity index (χ4v) is 2.83. The molecule has 6 heteroatoms. The maximum Gasteiger partial charge on any atom is 0.303 e. The van der Waals surface area contributed by atoms with Gasteiger partial charge in [-0.05, 0) is 44.2 Å². The van der Waals surface area contributed by atoms with Crippen molar-refractivity contribution in [2.45, 2.75) is 45.1 Å². The molecular formula is C16H19F2NO3. The first-order chi connectivity index (χ1) is 10.4. The Morgan fingerprint density at radius 2 is 2.00 bits per heavy atom. The van der Waals surface area contributed by atoms with Crippen LogP contribution in [-0.4, -0.2) is 34.5 Å². The first-order valence-electron chi connectivity index (χ1n) is 7.38. The van der Waals surface area contributed by atoms with Gasteiger partial charge >= 0.3 is 5.97 Å². The lowest BCUT2D eigenvalue weighted by Crippen LogP contribution is -2.44. The molecule has 1 aliphatic heterocycles. The van der Waals surface area contributed by atoms with Gasteiger partial charge in [0.25, 0.3) is 5.91 Å². The number of carbonyl (C=O) groups excluding carboxylic acids is 1. The summed E-state index contributed by atoms with van der Waals surface area (Å²) in [5, 5.41) is 8.79. The molecule has 1 saturated heterocycles. The van der Waals surface area contributed by atoms with Crippen molar-refractivity contribution in [1.29, 1.82) is 0 Å². The Morgan fingerprint density at radius 1 is 1.27 bits per heavy atom. The van der Waals surface area contributed by atoms with Crippen LogP contribution in [0.25, 0.3) is 0 Å². The predicted molar refractivity (Wildman–Crippen MR) is 76.6 cm³/mol. The number of nitrogens with zero attached hydrogens (tertiary/aromatic N) is 1. The average Bonchev–Trinajstić information content (AvgIpc) is 2.48. The first-order valence-corrected chi connectivity index (χ1v) is 7.38. The number of carboxylic acids is 1. The number of halogens is 2. The Bertz CT molecular complexity index is 589. The van der Waals surface area contributed by atoms with E-state index in [0.29, 0.717) is 19.4 Å². The summed E-state index contributed by atoms with van der Waals surface area (Å²) < 4.78 is 27.2. The zero-order valence-electron chi connectivity index (χ0n) is 12.4. The summed E-state index contributed by atoms with van der Waals surface area (Å²) in [5.41, 5.74) is 0.0602. The Balaban J connectivity index is 2.21. The molecule has 4 nitrogen and oxygen atoms in total. The lowest BCUT2D eigenvalue weighted by atomic mass is 9.96. The normalized spacial score (nSPS) is 18.3. The molecule has 0 bridgehead atoms. The van der Waals surface area contributed by atoms with E-state index in [0.717, 1.165) is 18.9 Å². The average molecular weight is 311 g/mol. The fraction of sp³-hybridized carbons (Fsp3) is 0.500. The van der Waals surface area contributed by atoms with Crippen molar-refractivity contribution in [3.05, 3.63) is 34.9 Å². The lowest BCUT2D eigenvalue weighted by Gasteiger charge is -2.36. The maximum absolute atomic E-state index is 13.9. The van der Waals surface area contributed by atoms with E-state index in [2.05, 4.69) is 0 Å². The number of likely N-dealkylation sites (tertiary alicyclic amines) is 1. The topological polar surface area (TPSA) is 57.6 Å². The van der Waals surface area contributed by atoms with Gasteiger partial charge in [-0.25, -0.2) is 8.78 Å². The fourth-order valence-electron chi connectivity index (χ4n) is 2.83. The van der Waals surface area contributed by atoms with E-state index in [4.69, 9.17) is 5.11 Å². The number of aliphatic carboxylic acids is 1. The van der Waals surface area contributed by atoms with Gasteiger partial charge in [-0.1, -0.05) is 0 Å². The van der Waals surface area contributed by atoms with Crippen molar-refractivity contribution < 1.29 is 23.5 Å². The number of carbonyl (C=O) groups is 2. The molecule has 1 heterocycles. The zero-order chi connectivity index (χ0) is 16.3. The molecule has 1 atom stereocenters. The molecule has 120 valence electrons. The largest absolute Gasteiger partial charge is 0.481 e. The second-order valence-electron chi connectivity index (χ2n) is 5.66. The van der Waals surface area contributed by atoms with E-state index in [9.17, 15) is 18.4 Å².